The Morgan fingerprint density at radius 1 is 1.38 bits per heavy atom. The largest absolute Gasteiger partial charge is 0.493 e. The second kappa shape index (κ2) is 7.91. The standard InChI is InChI=1S/C17H12BrNO4S3/c1-19-15(20)13(26-17(19)24)8-9-6-10(18)14(11(7-9)22-2)23-16(21)12-4-3-5-25-12/h3-8H,1-2H3. The van der Waals surface area contributed by atoms with Crippen molar-refractivity contribution >= 4 is 73.5 Å². The van der Waals surface area contributed by atoms with Crippen LogP contribution in [0.5, 0.6) is 11.5 Å². The number of thiocarbonyl (C=S) groups is 1. The Morgan fingerprint density at radius 2 is 2.15 bits per heavy atom. The molecule has 1 fully saturated rings. The van der Waals surface area contributed by atoms with Gasteiger partial charge in [-0.1, -0.05) is 30.0 Å². The number of hydrogen-bond donors (Lipinski definition) is 0. The van der Waals surface area contributed by atoms with Crippen LogP contribution in [-0.4, -0.2) is 35.3 Å². The van der Waals surface area contributed by atoms with E-state index in [1.54, 1.807) is 42.8 Å². The van der Waals surface area contributed by atoms with Gasteiger partial charge in [-0.2, -0.15) is 0 Å². The Hall–Kier alpha value is -1.68. The highest BCUT2D eigenvalue weighted by Crippen LogP contribution is 2.39. The Balaban J connectivity index is 1.92. The van der Waals surface area contributed by atoms with E-state index in [0.29, 0.717) is 24.3 Å². The number of thioether (sulfide) groups is 1. The van der Waals surface area contributed by atoms with Crippen LogP contribution in [0.15, 0.2) is 39.0 Å². The lowest BCUT2D eigenvalue weighted by atomic mass is 10.2. The first-order valence-electron chi connectivity index (χ1n) is 7.25. The summed E-state index contributed by atoms with van der Waals surface area (Å²) in [5.41, 5.74) is 0.721. The average Bonchev–Trinajstić information content (AvgIpc) is 3.23. The summed E-state index contributed by atoms with van der Waals surface area (Å²) in [4.78, 5) is 26.8. The minimum absolute atomic E-state index is 0.150. The highest BCUT2D eigenvalue weighted by molar-refractivity contribution is 9.10. The molecule has 3 rings (SSSR count). The van der Waals surface area contributed by atoms with Gasteiger partial charge < -0.3 is 9.47 Å². The molecule has 1 saturated heterocycles. The molecule has 1 aliphatic rings. The lowest BCUT2D eigenvalue weighted by molar-refractivity contribution is -0.121. The summed E-state index contributed by atoms with van der Waals surface area (Å²) in [7, 11) is 3.13. The third-order valence-corrected chi connectivity index (χ3v) is 6.38. The van der Waals surface area contributed by atoms with Crippen molar-refractivity contribution in [2.45, 2.75) is 0 Å². The van der Waals surface area contributed by atoms with Gasteiger partial charge in [0.2, 0.25) is 0 Å². The van der Waals surface area contributed by atoms with E-state index in [2.05, 4.69) is 15.9 Å². The molecule has 0 bridgehead atoms. The van der Waals surface area contributed by atoms with E-state index in [1.165, 1.54) is 35.1 Å². The molecule has 1 amide bonds. The van der Waals surface area contributed by atoms with Crippen LogP contribution in [-0.2, 0) is 4.79 Å². The van der Waals surface area contributed by atoms with E-state index in [0.717, 1.165) is 5.56 Å². The lowest BCUT2D eigenvalue weighted by Crippen LogP contribution is -2.22. The van der Waals surface area contributed by atoms with E-state index in [-0.39, 0.29) is 11.7 Å². The van der Waals surface area contributed by atoms with Gasteiger partial charge in [-0.3, -0.25) is 9.69 Å². The molecule has 134 valence electrons. The summed E-state index contributed by atoms with van der Waals surface area (Å²) in [5, 5.41) is 1.80. The van der Waals surface area contributed by atoms with Crippen LogP contribution in [0, 0.1) is 0 Å². The zero-order valence-corrected chi connectivity index (χ0v) is 17.7. The number of rotatable bonds is 4. The third kappa shape index (κ3) is 3.85. The normalized spacial score (nSPS) is 15.7. The van der Waals surface area contributed by atoms with Crippen molar-refractivity contribution in [2.75, 3.05) is 14.2 Å². The first-order chi connectivity index (χ1) is 12.4. The fourth-order valence-electron chi connectivity index (χ4n) is 2.16. The summed E-state index contributed by atoms with van der Waals surface area (Å²) < 4.78 is 11.9. The molecule has 0 N–H and O–H groups in total. The molecule has 2 aromatic rings. The number of carbonyl (C=O) groups is 2. The minimum atomic E-state index is -0.460. The molecule has 1 aromatic heterocycles. The fourth-order valence-corrected chi connectivity index (χ4v) is 4.48. The average molecular weight is 470 g/mol. The SMILES string of the molecule is COc1cc(C=C2SC(=S)N(C)C2=O)cc(Br)c1OC(=O)c1cccs1. The van der Waals surface area contributed by atoms with Crippen molar-refractivity contribution in [3.63, 3.8) is 0 Å². The van der Waals surface area contributed by atoms with E-state index in [1.807, 2.05) is 0 Å². The number of esters is 1. The lowest BCUT2D eigenvalue weighted by Gasteiger charge is -2.12. The molecule has 1 aliphatic heterocycles. The van der Waals surface area contributed by atoms with Gasteiger partial charge in [0.05, 0.1) is 16.5 Å². The first kappa shape index (κ1) is 19.1. The van der Waals surface area contributed by atoms with Crippen molar-refractivity contribution in [1.82, 2.24) is 4.90 Å². The molecule has 0 aliphatic carbocycles. The molecule has 1 aromatic carbocycles. The van der Waals surface area contributed by atoms with E-state index >= 15 is 0 Å². The van der Waals surface area contributed by atoms with Gasteiger partial charge in [0.15, 0.2) is 11.5 Å². The van der Waals surface area contributed by atoms with Crippen LogP contribution in [0.2, 0.25) is 0 Å². The van der Waals surface area contributed by atoms with Crippen LogP contribution in [0.4, 0.5) is 0 Å². The number of likely N-dealkylation sites (N-methyl/N-ethyl adjacent to an activating group) is 1. The van der Waals surface area contributed by atoms with E-state index in [9.17, 15) is 9.59 Å². The topological polar surface area (TPSA) is 55.8 Å². The summed E-state index contributed by atoms with van der Waals surface area (Å²) in [5.74, 6) is 0.0514. The number of methoxy groups -OCH3 is 1. The predicted molar refractivity (Wildman–Crippen MR) is 111 cm³/mol. The van der Waals surface area contributed by atoms with Crippen molar-refractivity contribution in [3.05, 3.63) is 49.5 Å². The smallest absolute Gasteiger partial charge is 0.353 e. The Kier molecular flexibility index (Phi) is 5.81. The zero-order chi connectivity index (χ0) is 18.8. The number of halogens is 1. The summed E-state index contributed by atoms with van der Waals surface area (Å²) >= 11 is 11.1. The maximum absolute atomic E-state index is 12.2. The van der Waals surface area contributed by atoms with Crippen molar-refractivity contribution in [1.29, 1.82) is 0 Å². The number of carbonyl (C=O) groups excluding carboxylic acids is 2. The Bertz CT molecular complexity index is 924. The molecule has 0 unspecified atom stereocenters. The van der Waals surface area contributed by atoms with Gasteiger partial charge in [-0.05, 0) is 51.1 Å². The maximum atomic E-state index is 12.2. The highest BCUT2D eigenvalue weighted by atomic mass is 79.9. The molecular formula is C17H12BrNO4S3. The summed E-state index contributed by atoms with van der Waals surface area (Å²) in [6.07, 6.45) is 1.72. The van der Waals surface area contributed by atoms with Crippen molar-refractivity contribution in [2.24, 2.45) is 0 Å². The molecule has 0 radical (unpaired) electrons. The Labute approximate surface area is 172 Å². The van der Waals surface area contributed by atoms with Crippen LogP contribution in [0.25, 0.3) is 6.08 Å². The molecular weight excluding hydrogens is 458 g/mol. The molecule has 5 nitrogen and oxygen atoms in total. The summed E-state index contributed by atoms with van der Waals surface area (Å²) in [6.45, 7) is 0. The van der Waals surface area contributed by atoms with Crippen LogP contribution in [0.3, 0.4) is 0 Å². The van der Waals surface area contributed by atoms with E-state index < -0.39 is 5.97 Å². The quantitative estimate of drug-likeness (QED) is 0.283. The molecule has 9 heteroatoms. The van der Waals surface area contributed by atoms with Crippen LogP contribution < -0.4 is 9.47 Å². The van der Waals surface area contributed by atoms with Gasteiger partial charge in [-0.25, -0.2) is 4.79 Å². The molecule has 2 heterocycles. The maximum Gasteiger partial charge on any atom is 0.353 e. The van der Waals surface area contributed by atoms with E-state index in [4.69, 9.17) is 21.7 Å². The fraction of sp³-hybridized carbons (Fsp3) is 0.118. The zero-order valence-electron chi connectivity index (χ0n) is 13.6. The number of benzene rings is 1. The van der Waals surface area contributed by atoms with Gasteiger partial charge in [0.1, 0.15) is 9.20 Å². The first-order valence-corrected chi connectivity index (χ1v) is 10.1. The van der Waals surface area contributed by atoms with Crippen molar-refractivity contribution < 1.29 is 19.1 Å². The molecule has 26 heavy (non-hydrogen) atoms. The predicted octanol–water partition coefficient (Wildman–Crippen LogP) is 4.57. The number of amides is 1. The molecule has 0 spiro atoms. The summed E-state index contributed by atoms with van der Waals surface area (Å²) in [6, 6.07) is 6.92. The number of thiophene rings is 1. The number of nitrogens with zero attached hydrogens (tertiary/aromatic N) is 1. The second-order valence-corrected chi connectivity index (χ2v) is 8.62. The molecule has 0 saturated carbocycles. The molecule has 0 atom stereocenters. The van der Waals surface area contributed by atoms with Crippen molar-refractivity contribution in [3.8, 4) is 11.5 Å². The van der Waals surface area contributed by atoms with Crippen LogP contribution in [0.1, 0.15) is 15.2 Å². The van der Waals surface area contributed by atoms with Crippen LogP contribution >= 0.6 is 51.2 Å². The monoisotopic (exact) mass is 469 g/mol. The third-order valence-electron chi connectivity index (χ3n) is 3.45. The second-order valence-electron chi connectivity index (χ2n) is 5.14. The van der Waals surface area contributed by atoms with Gasteiger partial charge >= 0.3 is 5.97 Å². The van der Waals surface area contributed by atoms with Gasteiger partial charge in [-0.15, -0.1) is 11.3 Å². The minimum Gasteiger partial charge on any atom is -0.493 e. The Morgan fingerprint density at radius 3 is 2.73 bits per heavy atom. The van der Waals surface area contributed by atoms with Gasteiger partial charge in [0, 0.05) is 7.05 Å². The van der Waals surface area contributed by atoms with Gasteiger partial charge in [0.25, 0.3) is 5.91 Å². The highest BCUT2D eigenvalue weighted by Gasteiger charge is 2.29. The number of ether oxygens (including phenoxy) is 2. The number of hydrogen-bond acceptors (Lipinski definition) is 7.